The van der Waals surface area contributed by atoms with Gasteiger partial charge in [0.1, 0.15) is 17.3 Å². The highest BCUT2D eigenvalue weighted by molar-refractivity contribution is 6.17. The van der Waals surface area contributed by atoms with E-state index in [4.69, 9.17) is 4.74 Å². The number of ether oxygens (including phenoxy) is 1. The van der Waals surface area contributed by atoms with Crippen LogP contribution in [0, 0.1) is 24.4 Å². The van der Waals surface area contributed by atoms with Gasteiger partial charge < -0.3 is 10.1 Å². The third kappa shape index (κ3) is 3.64. The van der Waals surface area contributed by atoms with Crippen LogP contribution in [0.2, 0.25) is 0 Å². The van der Waals surface area contributed by atoms with E-state index in [-0.39, 0.29) is 29.2 Å². The van der Waals surface area contributed by atoms with Crippen LogP contribution in [-0.4, -0.2) is 23.8 Å². The molecule has 1 N–H and O–H groups in total. The number of imide groups is 1. The highest BCUT2D eigenvalue weighted by atomic mass is 19.1. The molecule has 0 unspecified atom stereocenters. The van der Waals surface area contributed by atoms with Gasteiger partial charge in [-0.25, -0.2) is 13.2 Å². The first-order valence-corrected chi connectivity index (χ1v) is 7.92. The molecule has 27 heavy (non-hydrogen) atoms. The lowest BCUT2D eigenvalue weighted by atomic mass is 10.2. The van der Waals surface area contributed by atoms with Crippen molar-refractivity contribution in [2.24, 2.45) is 0 Å². The predicted molar refractivity (Wildman–Crippen MR) is 91.3 cm³/mol. The average molecular weight is 376 g/mol. The Morgan fingerprint density at radius 1 is 1.04 bits per heavy atom. The Balaban J connectivity index is 1.77. The molecule has 0 aliphatic carbocycles. The average Bonchev–Trinajstić information content (AvgIpc) is 2.88. The van der Waals surface area contributed by atoms with Gasteiger partial charge in [0.15, 0.2) is 11.6 Å². The number of nitrogens with one attached hydrogen (secondary N) is 1. The van der Waals surface area contributed by atoms with Crippen molar-refractivity contribution >= 4 is 17.5 Å². The molecule has 1 aliphatic rings. The second-order valence-corrected chi connectivity index (χ2v) is 5.95. The fourth-order valence-corrected chi connectivity index (χ4v) is 2.61. The molecule has 140 valence electrons. The van der Waals surface area contributed by atoms with Crippen molar-refractivity contribution in [3.8, 4) is 5.75 Å². The van der Waals surface area contributed by atoms with E-state index in [1.807, 2.05) is 0 Å². The van der Waals surface area contributed by atoms with Crippen molar-refractivity contribution in [1.29, 1.82) is 0 Å². The highest BCUT2D eigenvalue weighted by Crippen LogP contribution is 2.24. The van der Waals surface area contributed by atoms with Crippen molar-refractivity contribution in [2.75, 3.05) is 12.4 Å². The summed E-state index contributed by atoms with van der Waals surface area (Å²) in [4.78, 5) is 25.5. The van der Waals surface area contributed by atoms with Gasteiger partial charge in [0.25, 0.3) is 11.8 Å². The third-order valence-corrected chi connectivity index (χ3v) is 4.13. The number of nitrogens with zero attached hydrogens (tertiary/aromatic N) is 1. The van der Waals surface area contributed by atoms with E-state index >= 15 is 0 Å². The van der Waals surface area contributed by atoms with E-state index in [2.05, 4.69) is 5.32 Å². The Bertz CT molecular complexity index is 950. The lowest BCUT2D eigenvalue weighted by molar-refractivity contribution is -0.137. The molecule has 5 nitrogen and oxygen atoms in total. The minimum atomic E-state index is -0.773. The number of anilines is 1. The fourth-order valence-electron chi connectivity index (χ4n) is 2.61. The summed E-state index contributed by atoms with van der Waals surface area (Å²) in [6, 6.07) is 6.04. The van der Waals surface area contributed by atoms with E-state index in [1.54, 1.807) is 0 Å². The van der Waals surface area contributed by atoms with Gasteiger partial charge in [0.05, 0.1) is 13.7 Å². The molecule has 2 aromatic rings. The Hall–Kier alpha value is -3.29. The van der Waals surface area contributed by atoms with Crippen molar-refractivity contribution in [1.82, 2.24) is 4.90 Å². The molecule has 1 heterocycles. The molecular weight excluding hydrogens is 361 g/mol. The number of hydrogen-bond acceptors (Lipinski definition) is 4. The molecule has 0 spiro atoms. The summed E-state index contributed by atoms with van der Waals surface area (Å²) in [5.74, 6) is -3.38. The number of carbonyl (C=O) groups is 2. The lowest BCUT2D eigenvalue weighted by Crippen LogP contribution is -2.31. The first kappa shape index (κ1) is 18.5. The number of methoxy groups -OCH3 is 1. The van der Waals surface area contributed by atoms with E-state index in [1.165, 1.54) is 32.2 Å². The molecule has 3 rings (SSSR count). The van der Waals surface area contributed by atoms with Crippen molar-refractivity contribution < 1.29 is 27.5 Å². The highest BCUT2D eigenvalue weighted by Gasteiger charge is 2.31. The van der Waals surface area contributed by atoms with Gasteiger partial charge in [-0.1, -0.05) is 6.07 Å². The minimum Gasteiger partial charge on any atom is -0.494 e. The van der Waals surface area contributed by atoms with Gasteiger partial charge in [0.2, 0.25) is 0 Å². The van der Waals surface area contributed by atoms with Crippen LogP contribution >= 0.6 is 0 Å². The normalized spacial score (nSPS) is 13.8. The number of amides is 2. The van der Waals surface area contributed by atoms with E-state index < -0.39 is 29.3 Å². The zero-order chi connectivity index (χ0) is 19.7. The van der Waals surface area contributed by atoms with Gasteiger partial charge in [0, 0.05) is 17.3 Å². The topological polar surface area (TPSA) is 58.6 Å². The zero-order valence-corrected chi connectivity index (χ0v) is 14.5. The number of halogens is 3. The second-order valence-electron chi connectivity index (χ2n) is 5.95. The summed E-state index contributed by atoms with van der Waals surface area (Å²) in [5.41, 5.74) is 0.234. The fraction of sp³-hybridized carbons (Fsp3) is 0.158. The standard InChI is InChI=1S/C19H15F3N2O3/c1-10-14(21)6-12(7-15(10)22)23-16-8-18(25)24(19(16)26)9-11-3-4-13(20)17(5-11)27-2/h3-8,23H,9H2,1-2H3. The molecule has 1 aliphatic heterocycles. The summed E-state index contributed by atoms with van der Waals surface area (Å²) < 4.78 is 45.7. The molecule has 0 bridgehead atoms. The zero-order valence-electron chi connectivity index (χ0n) is 14.5. The summed E-state index contributed by atoms with van der Waals surface area (Å²) in [7, 11) is 1.30. The van der Waals surface area contributed by atoms with Crippen LogP contribution in [0.3, 0.4) is 0 Å². The van der Waals surface area contributed by atoms with Gasteiger partial charge in [-0.3, -0.25) is 14.5 Å². The largest absolute Gasteiger partial charge is 0.494 e. The van der Waals surface area contributed by atoms with Crippen molar-refractivity contribution in [2.45, 2.75) is 13.5 Å². The number of hydrogen-bond donors (Lipinski definition) is 1. The van der Waals surface area contributed by atoms with E-state index in [0.29, 0.717) is 5.56 Å². The van der Waals surface area contributed by atoms with Crippen molar-refractivity contribution in [3.05, 3.63) is 70.7 Å². The summed E-state index contributed by atoms with van der Waals surface area (Å²) >= 11 is 0. The summed E-state index contributed by atoms with van der Waals surface area (Å²) in [6.45, 7) is 1.18. The first-order valence-electron chi connectivity index (χ1n) is 7.92. The Kier molecular flexibility index (Phi) is 4.89. The van der Waals surface area contributed by atoms with Crippen LogP contribution in [0.5, 0.6) is 5.75 Å². The van der Waals surface area contributed by atoms with Crippen LogP contribution in [0.1, 0.15) is 11.1 Å². The summed E-state index contributed by atoms with van der Waals surface area (Å²) in [5, 5.41) is 2.56. The predicted octanol–water partition coefficient (Wildman–Crippen LogP) is 3.29. The number of benzene rings is 2. The van der Waals surface area contributed by atoms with Crippen LogP contribution in [0.4, 0.5) is 18.9 Å². The maximum Gasteiger partial charge on any atom is 0.277 e. The molecule has 0 saturated heterocycles. The maximum atomic E-state index is 13.7. The number of carbonyl (C=O) groups excluding carboxylic acids is 2. The van der Waals surface area contributed by atoms with Crippen LogP contribution in [-0.2, 0) is 16.1 Å². The van der Waals surface area contributed by atoms with Gasteiger partial charge >= 0.3 is 0 Å². The Labute approximate surface area is 153 Å². The maximum absolute atomic E-state index is 13.7. The smallest absolute Gasteiger partial charge is 0.277 e. The molecule has 0 atom stereocenters. The Morgan fingerprint density at radius 2 is 1.70 bits per heavy atom. The molecule has 8 heteroatoms. The van der Waals surface area contributed by atoms with E-state index in [0.717, 1.165) is 23.1 Å². The molecular formula is C19H15F3N2O3. The number of rotatable bonds is 5. The summed E-state index contributed by atoms with van der Waals surface area (Å²) in [6.07, 6.45) is 1.04. The SMILES string of the molecule is COc1cc(CN2C(=O)C=C(Nc3cc(F)c(C)c(F)c3)C2=O)ccc1F. The molecule has 2 aromatic carbocycles. The quantitative estimate of drug-likeness (QED) is 0.814. The molecule has 0 saturated carbocycles. The molecule has 0 fully saturated rings. The van der Waals surface area contributed by atoms with E-state index in [9.17, 15) is 22.8 Å². The second kappa shape index (κ2) is 7.14. The van der Waals surface area contributed by atoms with Gasteiger partial charge in [-0.2, -0.15) is 0 Å². The van der Waals surface area contributed by atoms with Crippen LogP contribution in [0.25, 0.3) is 0 Å². The third-order valence-electron chi connectivity index (χ3n) is 4.13. The van der Waals surface area contributed by atoms with Gasteiger partial charge in [-0.05, 0) is 36.8 Å². The molecule has 2 amide bonds. The molecule has 0 aromatic heterocycles. The lowest BCUT2D eigenvalue weighted by Gasteiger charge is -2.16. The molecule has 0 radical (unpaired) electrons. The minimum absolute atomic E-state index is 0.00769. The van der Waals surface area contributed by atoms with Crippen molar-refractivity contribution in [3.63, 3.8) is 0 Å². The monoisotopic (exact) mass is 376 g/mol. The van der Waals surface area contributed by atoms with Crippen LogP contribution < -0.4 is 10.1 Å². The Morgan fingerprint density at radius 3 is 2.33 bits per heavy atom. The van der Waals surface area contributed by atoms with Crippen LogP contribution in [0.15, 0.2) is 42.1 Å². The van der Waals surface area contributed by atoms with Gasteiger partial charge in [-0.15, -0.1) is 0 Å². The first-order chi connectivity index (χ1) is 12.8.